The van der Waals surface area contributed by atoms with Crippen molar-refractivity contribution < 1.29 is 0 Å². The predicted molar refractivity (Wildman–Crippen MR) is 75.2 cm³/mol. The summed E-state index contributed by atoms with van der Waals surface area (Å²) in [6.07, 6.45) is 6.45. The Hall–Kier alpha value is -1.80. The molecule has 1 N–H and O–H groups in total. The fourth-order valence-electron chi connectivity index (χ4n) is 2.62. The number of hydrogen-bond donors (Lipinski definition) is 1. The highest BCUT2D eigenvalue weighted by atomic mass is 15.4. The van der Waals surface area contributed by atoms with Crippen LogP contribution in [0.15, 0.2) is 12.5 Å². The average Bonchev–Trinajstić information content (AvgIpc) is 3.04. The van der Waals surface area contributed by atoms with E-state index in [0.29, 0.717) is 6.04 Å². The van der Waals surface area contributed by atoms with E-state index in [2.05, 4.69) is 35.3 Å². The van der Waals surface area contributed by atoms with Gasteiger partial charge in [0.1, 0.15) is 12.2 Å². The third kappa shape index (κ3) is 3.11. The standard InChI is InChI=1S/C13H20N8/c1-2-11(1)14-7-12-8-21(18-16-12)6-4-19-3-5-20-10-15-17-13(20)9-19/h8,10-11,14H,1-7,9H2. The number of fused-ring (bicyclic) bond motifs is 1. The normalized spacial score (nSPS) is 18.9. The molecule has 1 saturated carbocycles. The summed E-state index contributed by atoms with van der Waals surface area (Å²) in [6.45, 7) is 5.53. The average molecular weight is 288 g/mol. The van der Waals surface area contributed by atoms with Crippen molar-refractivity contribution in [3.05, 3.63) is 24.0 Å². The zero-order chi connectivity index (χ0) is 14.1. The number of nitrogens with one attached hydrogen (secondary N) is 1. The van der Waals surface area contributed by atoms with Crippen molar-refractivity contribution in [2.75, 3.05) is 13.1 Å². The molecule has 1 aliphatic heterocycles. The van der Waals surface area contributed by atoms with Gasteiger partial charge in [0.05, 0.1) is 18.8 Å². The molecule has 0 spiro atoms. The van der Waals surface area contributed by atoms with Crippen LogP contribution >= 0.6 is 0 Å². The van der Waals surface area contributed by atoms with Crippen LogP contribution in [0.2, 0.25) is 0 Å². The number of aromatic nitrogens is 6. The molecule has 4 rings (SSSR count). The Morgan fingerprint density at radius 3 is 3.05 bits per heavy atom. The summed E-state index contributed by atoms with van der Waals surface area (Å²) in [5, 5.41) is 20.0. The molecule has 112 valence electrons. The Bertz CT molecular complexity index is 599. The van der Waals surface area contributed by atoms with E-state index in [9.17, 15) is 0 Å². The zero-order valence-corrected chi connectivity index (χ0v) is 12.0. The van der Waals surface area contributed by atoms with E-state index in [1.165, 1.54) is 12.8 Å². The fraction of sp³-hybridized carbons (Fsp3) is 0.692. The minimum absolute atomic E-state index is 0.709. The van der Waals surface area contributed by atoms with Gasteiger partial charge in [0.25, 0.3) is 0 Å². The second-order valence-corrected chi connectivity index (χ2v) is 5.84. The largest absolute Gasteiger partial charge is 0.315 e. The lowest BCUT2D eigenvalue weighted by molar-refractivity contribution is 0.206. The predicted octanol–water partition coefficient (Wildman–Crippen LogP) is -0.363. The molecule has 1 fully saturated rings. The molecule has 3 heterocycles. The highest BCUT2D eigenvalue weighted by Gasteiger charge is 2.20. The fourth-order valence-corrected chi connectivity index (χ4v) is 2.62. The highest BCUT2D eigenvalue weighted by Crippen LogP contribution is 2.18. The lowest BCUT2D eigenvalue weighted by Crippen LogP contribution is -2.35. The molecule has 1 aliphatic carbocycles. The summed E-state index contributed by atoms with van der Waals surface area (Å²) in [5.74, 6) is 1.05. The third-order valence-corrected chi connectivity index (χ3v) is 4.10. The molecule has 2 aliphatic rings. The van der Waals surface area contributed by atoms with Gasteiger partial charge in [-0.3, -0.25) is 9.58 Å². The van der Waals surface area contributed by atoms with Crippen LogP contribution in [0, 0.1) is 0 Å². The van der Waals surface area contributed by atoms with E-state index in [0.717, 1.165) is 50.8 Å². The molecule has 0 bridgehead atoms. The van der Waals surface area contributed by atoms with Crippen LogP contribution in [0.25, 0.3) is 0 Å². The van der Waals surface area contributed by atoms with Crippen molar-refractivity contribution in [3.8, 4) is 0 Å². The van der Waals surface area contributed by atoms with Gasteiger partial charge in [0, 0.05) is 38.4 Å². The molecular formula is C13H20N8. The first kappa shape index (κ1) is 12.9. The van der Waals surface area contributed by atoms with Gasteiger partial charge in [-0.25, -0.2) is 0 Å². The maximum absolute atomic E-state index is 4.21. The summed E-state index contributed by atoms with van der Waals surface area (Å²) < 4.78 is 4.05. The minimum atomic E-state index is 0.709. The topological polar surface area (TPSA) is 76.7 Å². The Kier molecular flexibility index (Phi) is 3.40. The van der Waals surface area contributed by atoms with Gasteiger partial charge >= 0.3 is 0 Å². The molecule has 2 aromatic heterocycles. The number of hydrogen-bond acceptors (Lipinski definition) is 6. The maximum Gasteiger partial charge on any atom is 0.147 e. The number of rotatable bonds is 6. The zero-order valence-electron chi connectivity index (χ0n) is 12.0. The van der Waals surface area contributed by atoms with Crippen molar-refractivity contribution in [2.45, 2.75) is 45.1 Å². The summed E-state index contributed by atoms with van der Waals surface area (Å²) in [7, 11) is 0. The Labute approximate surface area is 123 Å². The molecule has 0 aromatic carbocycles. The van der Waals surface area contributed by atoms with Crippen molar-refractivity contribution in [1.82, 2.24) is 40.0 Å². The molecule has 0 atom stereocenters. The lowest BCUT2D eigenvalue weighted by Gasteiger charge is -2.26. The molecule has 0 radical (unpaired) electrons. The Balaban J connectivity index is 1.27. The van der Waals surface area contributed by atoms with Gasteiger partial charge in [-0.2, -0.15) is 0 Å². The van der Waals surface area contributed by atoms with Gasteiger partial charge in [-0.15, -0.1) is 15.3 Å². The SMILES string of the molecule is c1c(CNC2CC2)nnn1CCN1CCn2cnnc2C1. The summed E-state index contributed by atoms with van der Waals surface area (Å²) in [5.41, 5.74) is 1.03. The second-order valence-electron chi connectivity index (χ2n) is 5.84. The van der Waals surface area contributed by atoms with Crippen LogP contribution in [0.3, 0.4) is 0 Å². The molecule has 0 amide bonds. The van der Waals surface area contributed by atoms with E-state index in [1.54, 1.807) is 0 Å². The van der Waals surface area contributed by atoms with Crippen LogP contribution < -0.4 is 5.32 Å². The summed E-state index contributed by atoms with van der Waals surface area (Å²) in [4.78, 5) is 2.38. The lowest BCUT2D eigenvalue weighted by atomic mass is 10.3. The molecule has 8 nitrogen and oxygen atoms in total. The van der Waals surface area contributed by atoms with E-state index >= 15 is 0 Å². The van der Waals surface area contributed by atoms with Crippen LogP contribution in [-0.2, 0) is 26.2 Å². The molecule has 8 heteroatoms. The molecule has 0 saturated heterocycles. The van der Waals surface area contributed by atoms with Crippen molar-refractivity contribution >= 4 is 0 Å². The van der Waals surface area contributed by atoms with E-state index in [1.807, 2.05) is 17.2 Å². The van der Waals surface area contributed by atoms with Gasteiger partial charge in [0.15, 0.2) is 0 Å². The molecule has 2 aromatic rings. The first-order valence-electron chi connectivity index (χ1n) is 7.58. The van der Waals surface area contributed by atoms with Crippen molar-refractivity contribution in [2.24, 2.45) is 0 Å². The van der Waals surface area contributed by atoms with Gasteiger partial charge < -0.3 is 9.88 Å². The monoisotopic (exact) mass is 288 g/mol. The summed E-state index contributed by atoms with van der Waals surface area (Å²) >= 11 is 0. The highest BCUT2D eigenvalue weighted by molar-refractivity contribution is 4.94. The maximum atomic E-state index is 4.21. The van der Waals surface area contributed by atoms with Crippen LogP contribution in [0.5, 0.6) is 0 Å². The first-order chi connectivity index (χ1) is 10.4. The van der Waals surface area contributed by atoms with Crippen molar-refractivity contribution in [1.29, 1.82) is 0 Å². The van der Waals surface area contributed by atoms with E-state index < -0.39 is 0 Å². The second kappa shape index (κ2) is 5.53. The quantitative estimate of drug-likeness (QED) is 0.782. The van der Waals surface area contributed by atoms with Crippen LogP contribution in [-0.4, -0.2) is 53.8 Å². The van der Waals surface area contributed by atoms with Gasteiger partial charge in [-0.1, -0.05) is 5.21 Å². The Morgan fingerprint density at radius 2 is 2.14 bits per heavy atom. The summed E-state index contributed by atoms with van der Waals surface area (Å²) in [6, 6.07) is 0.709. The van der Waals surface area contributed by atoms with Gasteiger partial charge in [-0.05, 0) is 12.8 Å². The Morgan fingerprint density at radius 1 is 1.19 bits per heavy atom. The number of nitrogens with zero attached hydrogens (tertiary/aromatic N) is 7. The van der Waals surface area contributed by atoms with Crippen LogP contribution in [0.4, 0.5) is 0 Å². The van der Waals surface area contributed by atoms with E-state index in [-0.39, 0.29) is 0 Å². The van der Waals surface area contributed by atoms with E-state index in [4.69, 9.17) is 0 Å². The smallest absolute Gasteiger partial charge is 0.147 e. The molecular weight excluding hydrogens is 268 g/mol. The van der Waals surface area contributed by atoms with Crippen molar-refractivity contribution in [3.63, 3.8) is 0 Å². The molecule has 21 heavy (non-hydrogen) atoms. The van der Waals surface area contributed by atoms with Crippen LogP contribution in [0.1, 0.15) is 24.4 Å². The first-order valence-corrected chi connectivity index (χ1v) is 7.58. The molecule has 0 unspecified atom stereocenters. The minimum Gasteiger partial charge on any atom is -0.315 e. The van der Waals surface area contributed by atoms with Gasteiger partial charge in [0.2, 0.25) is 0 Å². The third-order valence-electron chi connectivity index (χ3n) is 4.10.